The van der Waals surface area contributed by atoms with Crippen LogP contribution in [-0.4, -0.2) is 38.9 Å². The highest BCUT2D eigenvalue weighted by atomic mass is 28.4. The second-order valence-electron chi connectivity index (χ2n) is 7.28. The van der Waals surface area contributed by atoms with E-state index >= 15 is 0 Å². The van der Waals surface area contributed by atoms with Crippen LogP contribution in [0.15, 0.2) is 12.3 Å². The zero-order chi connectivity index (χ0) is 17.1. The van der Waals surface area contributed by atoms with Gasteiger partial charge in [0.2, 0.25) is 0 Å². The molecule has 0 unspecified atom stereocenters. The highest BCUT2D eigenvalue weighted by Crippen LogP contribution is 2.37. The van der Waals surface area contributed by atoms with Crippen molar-refractivity contribution in [2.24, 2.45) is 5.92 Å². The van der Waals surface area contributed by atoms with Crippen molar-refractivity contribution in [3.63, 3.8) is 0 Å². The number of hydrogen-bond acceptors (Lipinski definition) is 5. The largest absolute Gasteiger partial charge is 0.495 e. The lowest BCUT2D eigenvalue weighted by atomic mass is 9.90. The fourth-order valence-corrected chi connectivity index (χ4v) is 3.10. The molecular weight excluding hydrogens is 300 g/mol. The minimum atomic E-state index is -1.93. The Morgan fingerprint density at radius 2 is 1.82 bits per heavy atom. The molecule has 1 heterocycles. The molecule has 0 amide bonds. The molecule has 5 nitrogen and oxygen atoms in total. The van der Waals surface area contributed by atoms with E-state index in [0.29, 0.717) is 6.61 Å². The third-order valence-electron chi connectivity index (χ3n) is 4.46. The minimum absolute atomic E-state index is 0.0700. The minimum Gasteiger partial charge on any atom is -0.495 e. The predicted octanol–water partition coefficient (Wildman–Crippen LogP) is 3.06. The second kappa shape index (κ2) is 6.96. The predicted molar refractivity (Wildman–Crippen MR) is 86.9 cm³/mol. The summed E-state index contributed by atoms with van der Waals surface area (Å²) in [6.07, 6.45) is 2.08. The topological polar surface area (TPSA) is 61.8 Å². The number of esters is 1. The Hall–Kier alpha value is -1.14. The van der Waals surface area contributed by atoms with E-state index in [2.05, 4.69) is 33.9 Å². The third-order valence-corrected chi connectivity index (χ3v) is 8.96. The molecule has 6 heteroatoms. The Bertz CT molecular complexity index is 450. The van der Waals surface area contributed by atoms with E-state index in [9.17, 15) is 9.59 Å². The van der Waals surface area contributed by atoms with E-state index in [-0.39, 0.29) is 10.8 Å². The maximum Gasteiger partial charge on any atom is 0.303 e. The zero-order valence-electron chi connectivity index (χ0n) is 14.6. The molecule has 1 aliphatic heterocycles. The number of Topliss-reactive ketones (excluding diaryl/α,β-unsaturated/α-hetero) is 1. The van der Waals surface area contributed by atoms with Gasteiger partial charge in [-0.15, -0.1) is 0 Å². The fraction of sp³-hybridized carbons (Fsp3) is 0.750. The van der Waals surface area contributed by atoms with Gasteiger partial charge >= 0.3 is 5.97 Å². The van der Waals surface area contributed by atoms with Crippen LogP contribution in [0.3, 0.4) is 0 Å². The summed E-state index contributed by atoms with van der Waals surface area (Å²) in [6.45, 7) is 13.9. The van der Waals surface area contributed by atoms with E-state index in [1.807, 2.05) is 0 Å². The van der Waals surface area contributed by atoms with Gasteiger partial charge in [-0.1, -0.05) is 20.8 Å². The van der Waals surface area contributed by atoms with Crippen molar-refractivity contribution in [1.29, 1.82) is 0 Å². The third kappa shape index (κ3) is 4.68. The summed E-state index contributed by atoms with van der Waals surface area (Å²) in [5, 5.41) is 0.0819. The number of ether oxygens (including phenoxy) is 2. The second-order valence-corrected chi connectivity index (χ2v) is 12.1. The molecule has 0 aromatic heterocycles. The molecule has 0 radical (unpaired) electrons. The maximum absolute atomic E-state index is 12.0. The summed E-state index contributed by atoms with van der Waals surface area (Å²) in [4.78, 5) is 23.2. The molecule has 0 bridgehead atoms. The molecule has 0 aromatic carbocycles. The van der Waals surface area contributed by atoms with Gasteiger partial charge in [-0.05, 0) is 31.1 Å². The van der Waals surface area contributed by atoms with Crippen molar-refractivity contribution in [1.82, 2.24) is 0 Å². The van der Waals surface area contributed by atoms with Crippen molar-refractivity contribution >= 4 is 20.1 Å². The molecule has 3 atom stereocenters. The SMILES string of the molecule is CC(=O)O[C@@H]1C=CO[C@H](CO[Si](C)(C)C(C)(C)C)[C@H]1C(C)=O. The average molecular weight is 328 g/mol. The summed E-state index contributed by atoms with van der Waals surface area (Å²) in [5.41, 5.74) is 0. The first-order valence-corrected chi connectivity index (χ1v) is 10.5. The molecule has 0 N–H and O–H groups in total. The normalized spacial score (nSPS) is 25.5. The Morgan fingerprint density at radius 1 is 1.23 bits per heavy atom. The van der Waals surface area contributed by atoms with E-state index in [0.717, 1.165) is 0 Å². The first-order valence-electron chi connectivity index (χ1n) is 7.59. The van der Waals surface area contributed by atoms with Gasteiger partial charge in [0, 0.05) is 6.92 Å². The smallest absolute Gasteiger partial charge is 0.303 e. The molecule has 126 valence electrons. The molecule has 22 heavy (non-hydrogen) atoms. The van der Waals surface area contributed by atoms with E-state index in [1.54, 1.807) is 6.08 Å². The molecule has 0 aromatic rings. The summed E-state index contributed by atoms with van der Waals surface area (Å²) in [6, 6.07) is 0. The van der Waals surface area contributed by atoms with Crippen molar-refractivity contribution in [3.8, 4) is 0 Å². The Kier molecular flexibility index (Phi) is 5.98. The standard InChI is InChI=1S/C16H28O5Si/c1-11(17)15-13(21-12(2)18)8-9-19-14(15)10-20-22(6,7)16(3,4)5/h8-9,13-15H,10H2,1-7H3/t13-,14-,15+/m1/s1. The lowest BCUT2D eigenvalue weighted by Crippen LogP contribution is -2.48. The Labute approximate surface area is 134 Å². The van der Waals surface area contributed by atoms with Crippen LogP contribution < -0.4 is 0 Å². The summed E-state index contributed by atoms with van der Waals surface area (Å²) in [5.74, 6) is -1.01. The molecule has 0 aliphatic carbocycles. The zero-order valence-corrected chi connectivity index (χ0v) is 15.6. The molecule has 0 saturated carbocycles. The van der Waals surface area contributed by atoms with E-state index < -0.39 is 32.4 Å². The van der Waals surface area contributed by atoms with Crippen molar-refractivity contribution in [2.75, 3.05) is 6.61 Å². The van der Waals surface area contributed by atoms with Gasteiger partial charge in [0.15, 0.2) is 8.32 Å². The summed E-state index contributed by atoms with van der Waals surface area (Å²) >= 11 is 0. The van der Waals surface area contributed by atoms with E-state index in [1.165, 1.54) is 20.1 Å². The van der Waals surface area contributed by atoms with Gasteiger partial charge < -0.3 is 13.9 Å². The van der Waals surface area contributed by atoms with Crippen LogP contribution >= 0.6 is 0 Å². The van der Waals surface area contributed by atoms with Gasteiger partial charge in [-0.2, -0.15) is 0 Å². The number of carbonyl (C=O) groups is 2. The van der Waals surface area contributed by atoms with Crippen LogP contribution in [0.1, 0.15) is 34.6 Å². The molecule has 1 rings (SSSR count). The summed E-state index contributed by atoms with van der Waals surface area (Å²) in [7, 11) is -1.93. The van der Waals surface area contributed by atoms with Gasteiger partial charge in [-0.25, -0.2) is 0 Å². The highest BCUT2D eigenvalue weighted by Gasteiger charge is 2.42. The van der Waals surface area contributed by atoms with Crippen LogP contribution in [0.4, 0.5) is 0 Å². The van der Waals surface area contributed by atoms with Crippen molar-refractivity contribution in [3.05, 3.63) is 12.3 Å². The summed E-state index contributed by atoms with van der Waals surface area (Å²) < 4.78 is 17.0. The lowest BCUT2D eigenvalue weighted by molar-refractivity contribution is -0.153. The number of ketones is 1. The number of hydrogen-bond donors (Lipinski definition) is 0. The maximum atomic E-state index is 12.0. The van der Waals surface area contributed by atoms with Gasteiger partial charge in [-0.3, -0.25) is 9.59 Å². The quantitative estimate of drug-likeness (QED) is 0.573. The molecule has 1 aliphatic rings. The molecule has 0 saturated heterocycles. The fourth-order valence-electron chi connectivity index (χ4n) is 2.09. The average Bonchev–Trinajstić information content (AvgIpc) is 2.34. The van der Waals surface area contributed by atoms with Gasteiger partial charge in [0.25, 0.3) is 0 Å². The van der Waals surface area contributed by atoms with Crippen molar-refractivity contribution in [2.45, 2.75) is 65.0 Å². The highest BCUT2D eigenvalue weighted by molar-refractivity contribution is 6.74. The van der Waals surface area contributed by atoms with Gasteiger partial charge in [0.1, 0.15) is 18.0 Å². The van der Waals surface area contributed by atoms with Crippen LogP contribution in [0, 0.1) is 5.92 Å². The first kappa shape index (κ1) is 18.9. The van der Waals surface area contributed by atoms with Crippen molar-refractivity contribution < 1.29 is 23.5 Å². The van der Waals surface area contributed by atoms with Crippen LogP contribution in [0.25, 0.3) is 0 Å². The Morgan fingerprint density at radius 3 is 2.27 bits per heavy atom. The molecule has 0 fully saturated rings. The monoisotopic (exact) mass is 328 g/mol. The Balaban J connectivity index is 2.83. The molecular formula is C16H28O5Si. The van der Waals surface area contributed by atoms with E-state index in [4.69, 9.17) is 13.9 Å². The lowest BCUT2D eigenvalue weighted by Gasteiger charge is -2.39. The van der Waals surface area contributed by atoms with Gasteiger partial charge in [0.05, 0.1) is 18.8 Å². The first-order chi connectivity index (χ1) is 9.95. The van der Waals surface area contributed by atoms with Crippen LogP contribution in [-0.2, 0) is 23.5 Å². The number of rotatable bonds is 5. The molecule has 0 spiro atoms. The van der Waals surface area contributed by atoms with Crippen LogP contribution in [0.5, 0.6) is 0 Å². The number of carbonyl (C=O) groups excluding carboxylic acids is 2. The van der Waals surface area contributed by atoms with Crippen LogP contribution in [0.2, 0.25) is 18.1 Å².